The summed E-state index contributed by atoms with van der Waals surface area (Å²) in [4.78, 5) is 24.0. The van der Waals surface area contributed by atoms with Gasteiger partial charge in [0.05, 0.1) is 18.8 Å². The first kappa shape index (κ1) is 15.6. The lowest BCUT2D eigenvalue weighted by atomic mass is 10.2. The number of benzene rings is 1. The maximum atomic E-state index is 12.2. The van der Waals surface area contributed by atoms with Crippen LogP contribution in [0.5, 0.6) is 0 Å². The summed E-state index contributed by atoms with van der Waals surface area (Å²) < 4.78 is 12.1. The molecule has 1 fully saturated rings. The summed E-state index contributed by atoms with van der Waals surface area (Å²) in [5.74, 6) is -0.502. The van der Waals surface area contributed by atoms with Crippen molar-refractivity contribution in [3.05, 3.63) is 36.0 Å². The van der Waals surface area contributed by atoms with E-state index in [0.29, 0.717) is 12.1 Å². The second-order valence-electron chi connectivity index (χ2n) is 5.62. The molecule has 2 aromatic rings. The molecule has 1 aromatic heterocycles. The number of rotatable bonds is 5. The van der Waals surface area contributed by atoms with Crippen LogP contribution in [-0.4, -0.2) is 42.8 Å². The van der Waals surface area contributed by atoms with E-state index in [9.17, 15) is 9.59 Å². The van der Waals surface area contributed by atoms with Crippen LogP contribution in [0.1, 0.15) is 23.2 Å². The molecular formula is C17H20N2O4. The van der Waals surface area contributed by atoms with Gasteiger partial charge in [0, 0.05) is 30.3 Å². The van der Waals surface area contributed by atoms with E-state index in [1.54, 1.807) is 10.8 Å². The van der Waals surface area contributed by atoms with Gasteiger partial charge in [-0.15, -0.1) is 0 Å². The molecule has 0 unspecified atom stereocenters. The van der Waals surface area contributed by atoms with Gasteiger partial charge in [0.2, 0.25) is 5.91 Å². The number of fused-ring (bicyclic) bond motifs is 1. The number of methoxy groups -OCH3 is 1. The van der Waals surface area contributed by atoms with E-state index in [1.165, 1.54) is 7.11 Å². The van der Waals surface area contributed by atoms with E-state index in [4.69, 9.17) is 9.47 Å². The molecule has 23 heavy (non-hydrogen) atoms. The van der Waals surface area contributed by atoms with E-state index >= 15 is 0 Å². The number of hydrogen-bond acceptors (Lipinski definition) is 4. The van der Waals surface area contributed by atoms with Crippen LogP contribution in [0.15, 0.2) is 30.5 Å². The fourth-order valence-electron chi connectivity index (χ4n) is 2.89. The highest BCUT2D eigenvalue weighted by molar-refractivity contribution is 6.04. The minimum absolute atomic E-state index is 0.0994. The third kappa shape index (κ3) is 3.37. The maximum Gasteiger partial charge on any atom is 0.340 e. The molecule has 6 heteroatoms. The number of ether oxygens (including phenoxy) is 2. The third-order valence-corrected chi connectivity index (χ3v) is 4.06. The molecule has 0 saturated carbocycles. The standard InChI is InChI=1S/C17H20N2O4/c1-22-17(21)14-10-19(15-7-3-2-6-13(14)15)11-16(20)18-9-12-5-4-8-23-12/h2-3,6-7,10,12H,4-5,8-9,11H2,1H3,(H,18,20)/t12-/m0/s1. The van der Waals surface area contributed by atoms with Crippen LogP contribution < -0.4 is 5.32 Å². The predicted molar refractivity (Wildman–Crippen MR) is 85.3 cm³/mol. The SMILES string of the molecule is COC(=O)c1cn(CC(=O)NC[C@@H]2CCCO2)c2ccccc12. The number of carbonyl (C=O) groups is 2. The van der Waals surface area contributed by atoms with Gasteiger partial charge in [-0.05, 0) is 18.9 Å². The lowest BCUT2D eigenvalue weighted by molar-refractivity contribution is -0.122. The second-order valence-corrected chi connectivity index (χ2v) is 5.62. The van der Waals surface area contributed by atoms with Crippen LogP contribution in [0.4, 0.5) is 0 Å². The predicted octanol–water partition coefficient (Wildman–Crippen LogP) is 1.72. The Labute approximate surface area is 134 Å². The molecule has 2 heterocycles. The lowest BCUT2D eigenvalue weighted by Gasteiger charge is -2.11. The summed E-state index contributed by atoms with van der Waals surface area (Å²) in [6.45, 7) is 1.46. The number of para-hydroxylation sites is 1. The fraction of sp³-hybridized carbons (Fsp3) is 0.412. The smallest absolute Gasteiger partial charge is 0.340 e. The summed E-state index contributed by atoms with van der Waals surface area (Å²) in [5, 5.41) is 3.67. The van der Waals surface area contributed by atoms with Gasteiger partial charge in [-0.3, -0.25) is 4.79 Å². The zero-order valence-electron chi connectivity index (χ0n) is 13.1. The topological polar surface area (TPSA) is 69.6 Å². The molecule has 0 bridgehead atoms. The van der Waals surface area contributed by atoms with Gasteiger partial charge in [-0.25, -0.2) is 4.79 Å². The molecule has 0 spiro atoms. The molecule has 6 nitrogen and oxygen atoms in total. The van der Waals surface area contributed by atoms with Gasteiger partial charge in [0.1, 0.15) is 6.54 Å². The molecule has 3 rings (SSSR count). The Morgan fingerprint density at radius 2 is 2.22 bits per heavy atom. The van der Waals surface area contributed by atoms with Crippen molar-refractivity contribution in [2.24, 2.45) is 0 Å². The summed E-state index contributed by atoms with van der Waals surface area (Å²) in [5.41, 5.74) is 1.30. The van der Waals surface area contributed by atoms with Crippen LogP contribution in [-0.2, 0) is 20.8 Å². The number of hydrogen-bond donors (Lipinski definition) is 1. The average Bonchev–Trinajstić information content (AvgIpc) is 3.21. The Morgan fingerprint density at radius 3 is 2.96 bits per heavy atom. The van der Waals surface area contributed by atoms with Crippen molar-refractivity contribution >= 4 is 22.8 Å². The van der Waals surface area contributed by atoms with E-state index in [-0.39, 0.29) is 18.6 Å². The van der Waals surface area contributed by atoms with Crippen LogP contribution >= 0.6 is 0 Å². The number of nitrogens with one attached hydrogen (secondary N) is 1. The largest absolute Gasteiger partial charge is 0.465 e. The summed E-state index contributed by atoms with van der Waals surface area (Å²) in [7, 11) is 1.35. The van der Waals surface area contributed by atoms with Gasteiger partial charge >= 0.3 is 5.97 Å². The second kappa shape index (κ2) is 6.83. The highest BCUT2D eigenvalue weighted by atomic mass is 16.5. The molecule has 0 aliphatic carbocycles. The zero-order valence-corrected chi connectivity index (χ0v) is 13.1. The highest BCUT2D eigenvalue weighted by Gasteiger charge is 2.18. The van der Waals surface area contributed by atoms with Crippen molar-refractivity contribution in [1.82, 2.24) is 9.88 Å². The summed E-state index contributed by atoms with van der Waals surface area (Å²) >= 11 is 0. The van der Waals surface area contributed by atoms with E-state index in [1.807, 2.05) is 24.3 Å². The van der Waals surface area contributed by atoms with Crippen LogP contribution in [0.3, 0.4) is 0 Å². The van der Waals surface area contributed by atoms with Gasteiger partial charge in [0.25, 0.3) is 0 Å². The number of amides is 1. The normalized spacial score (nSPS) is 17.3. The van der Waals surface area contributed by atoms with Crippen molar-refractivity contribution < 1.29 is 19.1 Å². The first-order chi connectivity index (χ1) is 11.2. The lowest BCUT2D eigenvalue weighted by Crippen LogP contribution is -2.34. The monoisotopic (exact) mass is 316 g/mol. The third-order valence-electron chi connectivity index (χ3n) is 4.06. The van der Waals surface area contributed by atoms with Crippen molar-refractivity contribution in [3.8, 4) is 0 Å². The molecule has 0 radical (unpaired) electrons. The van der Waals surface area contributed by atoms with Gasteiger partial charge in [-0.1, -0.05) is 18.2 Å². The van der Waals surface area contributed by atoms with Crippen molar-refractivity contribution in [3.63, 3.8) is 0 Å². The number of carbonyl (C=O) groups excluding carboxylic acids is 2. The number of esters is 1. The summed E-state index contributed by atoms with van der Waals surface area (Å²) in [6.07, 6.45) is 3.82. The maximum absolute atomic E-state index is 12.2. The van der Waals surface area contributed by atoms with E-state index in [2.05, 4.69) is 5.32 Å². The molecular weight excluding hydrogens is 296 g/mol. The Kier molecular flexibility index (Phi) is 4.62. The van der Waals surface area contributed by atoms with E-state index in [0.717, 1.165) is 30.4 Å². The minimum Gasteiger partial charge on any atom is -0.465 e. The van der Waals surface area contributed by atoms with Crippen molar-refractivity contribution in [1.29, 1.82) is 0 Å². The van der Waals surface area contributed by atoms with Crippen LogP contribution in [0.25, 0.3) is 10.9 Å². The molecule has 122 valence electrons. The molecule has 1 aliphatic rings. The van der Waals surface area contributed by atoms with Crippen molar-refractivity contribution in [2.45, 2.75) is 25.5 Å². The van der Waals surface area contributed by atoms with Gasteiger partial charge < -0.3 is 19.4 Å². The first-order valence-electron chi connectivity index (χ1n) is 7.73. The Hall–Kier alpha value is -2.34. The quantitative estimate of drug-likeness (QED) is 0.853. The Morgan fingerprint density at radius 1 is 1.39 bits per heavy atom. The molecule has 1 aliphatic heterocycles. The Balaban J connectivity index is 1.74. The van der Waals surface area contributed by atoms with Crippen LogP contribution in [0.2, 0.25) is 0 Å². The van der Waals surface area contributed by atoms with E-state index < -0.39 is 5.97 Å². The molecule has 1 aromatic carbocycles. The highest BCUT2D eigenvalue weighted by Crippen LogP contribution is 2.22. The molecule has 1 amide bonds. The molecule has 1 N–H and O–H groups in total. The number of aromatic nitrogens is 1. The fourth-order valence-corrected chi connectivity index (χ4v) is 2.89. The van der Waals surface area contributed by atoms with Gasteiger partial charge in [-0.2, -0.15) is 0 Å². The Bertz CT molecular complexity index is 716. The average molecular weight is 316 g/mol. The van der Waals surface area contributed by atoms with Crippen LogP contribution in [0, 0.1) is 0 Å². The zero-order chi connectivity index (χ0) is 16.2. The molecule has 1 atom stereocenters. The molecule has 1 saturated heterocycles. The first-order valence-corrected chi connectivity index (χ1v) is 7.73. The minimum atomic E-state index is -0.403. The summed E-state index contributed by atoms with van der Waals surface area (Å²) in [6, 6.07) is 7.47. The number of nitrogens with zero attached hydrogens (tertiary/aromatic N) is 1. The van der Waals surface area contributed by atoms with Gasteiger partial charge in [0.15, 0.2) is 0 Å². The van der Waals surface area contributed by atoms with Crippen molar-refractivity contribution in [2.75, 3.05) is 20.3 Å².